The van der Waals surface area contributed by atoms with E-state index in [-0.39, 0.29) is 34.4 Å². The third kappa shape index (κ3) is 4.34. The highest BCUT2D eigenvalue weighted by Crippen LogP contribution is 2.25. The van der Waals surface area contributed by atoms with Gasteiger partial charge in [-0.2, -0.15) is 0 Å². The van der Waals surface area contributed by atoms with E-state index in [1.807, 2.05) is 0 Å². The Bertz CT molecular complexity index is 602. The first kappa shape index (κ1) is 19.7. The monoisotopic (exact) mass is 368 g/mol. The van der Waals surface area contributed by atoms with Crippen molar-refractivity contribution in [3.8, 4) is 0 Å². The van der Waals surface area contributed by atoms with Gasteiger partial charge in [0.25, 0.3) is 0 Å². The van der Waals surface area contributed by atoms with Crippen LogP contribution in [0.3, 0.4) is 0 Å². The molecule has 1 aliphatic rings. The summed E-state index contributed by atoms with van der Waals surface area (Å²) in [5, 5.41) is 3.60. The maximum absolute atomic E-state index is 12.4. The van der Waals surface area contributed by atoms with Gasteiger partial charge >= 0.3 is 0 Å². The lowest BCUT2D eigenvalue weighted by Gasteiger charge is -2.29. The number of halogens is 2. The Morgan fingerprint density at radius 1 is 1.45 bits per heavy atom. The molecule has 1 unspecified atom stereocenters. The average molecular weight is 369 g/mol. The van der Waals surface area contributed by atoms with Crippen molar-refractivity contribution in [2.24, 2.45) is 0 Å². The molecular weight excluding hydrogens is 347 g/mol. The second-order valence-electron chi connectivity index (χ2n) is 5.46. The fraction of sp³-hybridized carbons (Fsp3) is 0.571. The van der Waals surface area contributed by atoms with E-state index in [1.165, 1.54) is 6.07 Å². The summed E-state index contributed by atoms with van der Waals surface area (Å²) in [6.07, 6.45) is 1.89. The molecule has 1 saturated heterocycles. The molecule has 1 aromatic carbocycles. The van der Waals surface area contributed by atoms with E-state index in [9.17, 15) is 8.42 Å². The first-order valence-electron chi connectivity index (χ1n) is 6.89. The molecule has 0 spiro atoms. The Balaban J connectivity index is 0.00000242. The summed E-state index contributed by atoms with van der Waals surface area (Å²) < 4.78 is 32.8. The molecule has 0 amide bonds. The van der Waals surface area contributed by atoms with Gasteiger partial charge in [0.1, 0.15) is 4.90 Å². The minimum atomic E-state index is -3.63. The van der Waals surface area contributed by atoms with Crippen LogP contribution in [0.2, 0.25) is 5.02 Å². The molecule has 5 nitrogen and oxygen atoms in total. The van der Waals surface area contributed by atoms with Crippen molar-refractivity contribution in [1.29, 1.82) is 0 Å². The number of sulfonamides is 1. The highest BCUT2D eigenvalue weighted by Gasteiger charge is 2.35. The van der Waals surface area contributed by atoms with Gasteiger partial charge in [0.2, 0.25) is 10.0 Å². The van der Waals surface area contributed by atoms with Crippen LogP contribution in [0.1, 0.15) is 18.4 Å². The smallest absolute Gasteiger partial charge is 0.242 e. The Morgan fingerprint density at radius 2 is 2.18 bits per heavy atom. The topological polar surface area (TPSA) is 67.4 Å². The Kier molecular flexibility index (Phi) is 7.11. The van der Waals surface area contributed by atoms with Gasteiger partial charge in [-0.1, -0.05) is 23.7 Å². The van der Waals surface area contributed by atoms with Gasteiger partial charge < -0.3 is 10.1 Å². The largest absolute Gasteiger partial charge is 0.383 e. The Hall–Kier alpha value is -0.370. The lowest BCUT2D eigenvalue weighted by atomic mass is 9.99. The SMILES string of the molecule is COCC1(CNS(=O)(=O)c2cccc(C)c2Cl)CCCN1.Cl. The van der Waals surface area contributed by atoms with Crippen LogP contribution in [0.25, 0.3) is 0 Å². The zero-order valence-electron chi connectivity index (χ0n) is 12.7. The van der Waals surface area contributed by atoms with Crippen LogP contribution in [0, 0.1) is 6.92 Å². The summed E-state index contributed by atoms with van der Waals surface area (Å²) >= 11 is 6.11. The van der Waals surface area contributed by atoms with Crippen molar-refractivity contribution < 1.29 is 13.2 Å². The summed E-state index contributed by atoms with van der Waals surface area (Å²) in [6.45, 7) is 3.41. The lowest BCUT2D eigenvalue weighted by molar-refractivity contribution is 0.122. The van der Waals surface area contributed by atoms with E-state index in [0.717, 1.165) is 24.9 Å². The first-order valence-corrected chi connectivity index (χ1v) is 8.75. The molecule has 8 heteroatoms. The van der Waals surface area contributed by atoms with E-state index in [2.05, 4.69) is 10.0 Å². The van der Waals surface area contributed by atoms with Crippen LogP contribution < -0.4 is 10.0 Å². The van der Waals surface area contributed by atoms with Crippen LogP contribution in [-0.2, 0) is 14.8 Å². The molecule has 0 radical (unpaired) electrons. The maximum Gasteiger partial charge on any atom is 0.242 e. The number of rotatable bonds is 6. The van der Waals surface area contributed by atoms with E-state index >= 15 is 0 Å². The van der Waals surface area contributed by atoms with E-state index < -0.39 is 10.0 Å². The molecule has 0 aliphatic carbocycles. The van der Waals surface area contributed by atoms with Gasteiger partial charge in [-0.05, 0) is 37.9 Å². The summed E-state index contributed by atoms with van der Waals surface area (Å²) in [5.41, 5.74) is 0.406. The van der Waals surface area contributed by atoms with Gasteiger partial charge in [-0.25, -0.2) is 13.1 Å². The standard InChI is InChI=1S/C14H21ClN2O3S.ClH/c1-11-5-3-6-12(13(11)15)21(18,19)17-9-14(10-20-2)7-4-8-16-14;/h3,5-6,16-17H,4,7-10H2,1-2H3;1H. The molecule has 2 N–H and O–H groups in total. The Morgan fingerprint density at radius 3 is 2.77 bits per heavy atom. The van der Waals surface area contributed by atoms with E-state index in [1.54, 1.807) is 26.2 Å². The second-order valence-corrected chi connectivity index (χ2v) is 7.57. The van der Waals surface area contributed by atoms with Gasteiger partial charge in [-0.3, -0.25) is 0 Å². The highest BCUT2D eigenvalue weighted by molar-refractivity contribution is 7.89. The maximum atomic E-state index is 12.4. The van der Waals surface area contributed by atoms with Crippen LogP contribution in [0.5, 0.6) is 0 Å². The molecule has 1 aliphatic heterocycles. The summed E-state index contributed by atoms with van der Waals surface area (Å²) in [5.74, 6) is 0. The van der Waals surface area contributed by atoms with Crippen molar-refractivity contribution in [2.75, 3.05) is 26.8 Å². The van der Waals surface area contributed by atoms with Crippen molar-refractivity contribution in [1.82, 2.24) is 10.0 Å². The molecule has 0 saturated carbocycles. The normalized spacial score (nSPS) is 21.6. The van der Waals surface area contributed by atoms with Crippen molar-refractivity contribution in [3.05, 3.63) is 28.8 Å². The molecule has 126 valence electrons. The number of nitrogens with one attached hydrogen (secondary N) is 2. The fourth-order valence-electron chi connectivity index (χ4n) is 2.61. The summed E-state index contributed by atoms with van der Waals surface area (Å²) in [4.78, 5) is 0.120. The zero-order valence-corrected chi connectivity index (χ0v) is 15.1. The fourth-order valence-corrected chi connectivity index (χ4v) is 4.32. The molecule has 1 heterocycles. The van der Waals surface area contributed by atoms with Crippen molar-refractivity contribution >= 4 is 34.0 Å². The van der Waals surface area contributed by atoms with Crippen LogP contribution in [-0.4, -0.2) is 40.8 Å². The molecule has 1 aromatic rings. The number of hydrogen-bond donors (Lipinski definition) is 2. The number of aryl methyl sites for hydroxylation is 1. The molecular formula is C14H22Cl2N2O3S. The minimum absolute atomic E-state index is 0. The average Bonchev–Trinajstić information content (AvgIpc) is 2.89. The third-order valence-electron chi connectivity index (χ3n) is 3.80. The van der Waals surface area contributed by atoms with Crippen molar-refractivity contribution in [2.45, 2.75) is 30.2 Å². The van der Waals surface area contributed by atoms with Gasteiger partial charge in [-0.15, -0.1) is 12.4 Å². The predicted octanol–water partition coefficient (Wildman–Crippen LogP) is 2.12. The third-order valence-corrected chi connectivity index (χ3v) is 5.86. The molecule has 1 fully saturated rings. The molecule has 22 heavy (non-hydrogen) atoms. The van der Waals surface area contributed by atoms with Crippen LogP contribution in [0.4, 0.5) is 0 Å². The Labute approximate surface area is 143 Å². The molecule has 2 rings (SSSR count). The first-order chi connectivity index (χ1) is 9.90. The van der Waals surface area contributed by atoms with Gasteiger partial charge in [0, 0.05) is 13.7 Å². The second kappa shape index (κ2) is 7.95. The van der Waals surface area contributed by atoms with Crippen LogP contribution in [0.15, 0.2) is 23.1 Å². The molecule has 0 bridgehead atoms. The minimum Gasteiger partial charge on any atom is -0.383 e. The van der Waals surface area contributed by atoms with Gasteiger partial charge in [0.05, 0.1) is 17.2 Å². The highest BCUT2D eigenvalue weighted by atomic mass is 35.5. The van der Waals surface area contributed by atoms with Gasteiger partial charge in [0.15, 0.2) is 0 Å². The number of hydrogen-bond acceptors (Lipinski definition) is 4. The number of ether oxygens (including phenoxy) is 1. The summed E-state index contributed by atoms with van der Waals surface area (Å²) in [7, 11) is -2.02. The molecule has 0 aromatic heterocycles. The zero-order chi connectivity index (χ0) is 15.5. The summed E-state index contributed by atoms with van der Waals surface area (Å²) in [6, 6.07) is 4.99. The van der Waals surface area contributed by atoms with Crippen LogP contribution >= 0.6 is 24.0 Å². The number of methoxy groups -OCH3 is 1. The predicted molar refractivity (Wildman–Crippen MR) is 90.5 cm³/mol. The lowest BCUT2D eigenvalue weighted by Crippen LogP contribution is -2.52. The van der Waals surface area contributed by atoms with E-state index in [0.29, 0.717) is 6.61 Å². The quantitative estimate of drug-likeness (QED) is 0.806. The molecule has 1 atom stereocenters. The van der Waals surface area contributed by atoms with Crippen molar-refractivity contribution in [3.63, 3.8) is 0 Å². The van der Waals surface area contributed by atoms with E-state index in [4.69, 9.17) is 16.3 Å². The number of benzene rings is 1.